The molecular formula is C19H23ClN3O3Si+. The molecule has 0 saturated heterocycles. The zero-order valence-electron chi connectivity index (χ0n) is 15.7. The number of aromatic nitrogens is 2. The van der Waals surface area contributed by atoms with E-state index in [-0.39, 0.29) is 5.69 Å². The second-order valence-electron chi connectivity index (χ2n) is 7.52. The first-order valence-corrected chi connectivity index (χ1v) is 12.8. The van der Waals surface area contributed by atoms with Crippen molar-refractivity contribution < 1.29 is 14.2 Å². The van der Waals surface area contributed by atoms with Crippen LogP contribution in [0.25, 0.3) is 10.9 Å². The van der Waals surface area contributed by atoms with Crippen molar-refractivity contribution in [1.82, 2.24) is 5.10 Å². The molecule has 142 valence electrons. The molecule has 27 heavy (non-hydrogen) atoms. The van der Waals surface area contributed by atoms with Gasteiger partial charge in [-0.25, -0.2) is 0 Å². The molecule has 0 spiro atoms. The Kier molecular flexibility index (Phi) is 5.94. The van der Waals surface area contributed by atoms with Gasteiger partial charge in [-0.3, -0.25) is 0 Å². The minimum atomic E-state index is -1.13. The van der Waals surface area contributed by atoms with E-state index in [1.165, 1.54) is 0 Å². The summed E-state index contributed by atoms with van der Waals surface area (Å²) in [7, 11) is -1.13. The molecule has 2 aromatic carbocycles. The fourth-order valence-corrected chi connectivity index (χ4v) is 3.56. The summed E-state index contributed by atoms with van der Waals surface area (Å²) >= 11 is 6.14. The highest BCUT2D eigenvalue weighted by molar-refractivity contribution is 6.76. The molecule has 1 aromatic heterocycles. The van der Waals surface area contributed by atoms with Crippen LogP contribution in [0.2, 0.25) is 30.7 Å². The van der Waals surface area contributed by atoms with Gasteiger partial charge in [-0.1, -0.05) is 48.1 Å². The number of benzene rings is 2. The van der Waals surface area contributed by atoms with Crippen molar-refractivity contribution in [2.45, 2.75) is 32.4 Å². The molecule has 1 N–H and O–H groups in total. The molecule has 0 bridgehead atoms. The molecule has 0 atom stereocenters. The quantitative estimate of drug-likeness (QED) is 0.229. The molecule has 1 heterocycles. The van der Waals surface area contributed by atoms with Gasteiger partial charge in [0.15, 0.2) is 11.4 Å². The average Bonchev–Trinajstić information content (AvgIpc) is 3.03. The number of hydrogen-bond donors (Lipinski definition) is 1. The number of para-hydroxylation sites is 1. The monoisotopic (exact) mass is 404 g/mol. The first-order chi connectivity index (χ1) is 12.9. The molecule has 6 nitrogen and oxygen atoms in total. The first kappa shape index (κ1) is 19.5. The summed E-state index contributed by atoms with van der Waals surface area (Å²) in [6.45, 7) is 8.05. The van der Waals surface area contributed by atoms with Crippen molar-refractivity contribution in [3.8, 4) is 11.5 Å². The molecule has 8 heteroatoms. The Labute approximate surface area is 164 Å². The maximum absolute atomic E-state index is 11.5. The molecule has 0 aliphatic rings. The van der Waals surface area contributed by atoms with E-state index in [4.69, 9.17) is 21.1 Å². The Morgan fingerprint density at radius 3 is 2.63 bits per heavy atom. The summed E-state index contributed by atoms with van der Waals surface area (Å²) in [6, 6.07) is 11.8. The van der Waals surface area contributed by atoms with Gasteiger partial charge in [0.05, 0.1) is 17.8 Å². The van der Waals surface area contributed by atoms with Crippen LogP contribution in [-0.2, 0) is 11.5 Å². The highest BCUT2D eigenvalue weighted by Gasteiger charge is 2.20. The van der Waals surface area contributed by atoms with Gasteiger partial charge < -0.3 is 9.47 Å². The van der Waals surface area contributed by atoms with Gasteiger partial charge in [-0.2, -0.15) is 5.10 Å². The molecule has 0 unspecified atom stereocenters. The van der Waals surface area contributed by atoms with E-state index in [0.29, 0.717) is 28.6 Å². The highest BCUT2D eigenvalue weighted by Crippen LogP contribution is 2.39. The van der Waals surface area contributed by atoms with Gasteiger partial charge in [-0.15, -0.1) is 4.91 Å². The highest BCUT2D eigenvalue weighted by atomic mass is 35.5. The third kappa shape index (κ3) is 4.74. The number of H-pyrrole nitrogens is 1. The lowest BCUT2D eigenvalue weighted by Gasteiger charge is -2.14. The second-order valence-corrected chi connectivity index (χ2v) is 13.5. The largest absolute Gasteiger partial charge is 0.453 e. The molecule has 0 aliphatic carbocycles. The molecule has 0 aliphatic heterocycles. The molecule has 0 fully saturated rings. The molecule has 0 radical (unpaired) electrons. The maximum Gasteiger partial charge on any atom is 0.276 e. The Morgan fingerprint density at radius 2 is 1.93 bits per heavy atom. The van der Waals surface area contributed by atoms with Crippen molar-refractivity contribution in [3.63, 3.8) is 0 Å². The van der Waals surface area contributed by atoms with Crippen LogP contribution in [0.15, 0.2) is 47.8 Å². The summed E-state index contributed by atoms with van der Waals surface area (Å²) in [5, 5.41) is 7.43. The Balaban J connectivity index is 1.81. The second kappa shape index (κ2) is 8.20. The summed E-state index contributed by atoms with van der Waals surface area (Å²) in [6.07, 6.45) is 1.73. The molecule has 0 amide bonds. The van der Waals surface area contributed by atoms with E-state index in [2.05, 4.69) is 29.9 Å². The molecule has 3 rings (SSSR count). The van der Waals surface area contributed by atoms with Crippen molar-refractivity contribution in [2.24, 2.45) is 5.18 Å². The predicted octanol–water partition coefficient (Wildman–Crippen LogP) is 5.61. The van der Waals surface area contributed by atoms with E-state index >= 15 is 0 Å². The number of ether oxygens (including phenoxy) is 2. The number of nitrogens with zero attached hydrogens (tertiary/aromatic N) is 2. The van der Waals surface area contributed by atoms with Crippen LogP contribution in [0.4, 0.5) is 5.69 Å². The van der Waals surface area contributed by atoms with Crippen LogP contribution >= 0.6 is 11.6 Å². The van der Waals surface area contributed by atoms with E-state index in [0.717, 1.165) is 18.2 Å². The lowest BCUT2D eigenvalue weighted by molar-refractivity contribution is -0.759. The smallest absolute Gasteiger partial charge is 0.276 e. The van der Waals surface area contributed by atoms with Crippen molar-refractivity contribution >= 4 is 36.3 Å². The maximum atomic E-state index is 11.5. The number of nitrogens with one attached hydrogen (secondary N) is 1. The fraction of sp³-hybridized carbons (Fsp3) is 0.316. The minimum absolute atomic E-state index is 0.226. The van der Waals surface area contributed by atoms with Gasteiger partial charge in [0.1, 0.15) is 11.1 Å². The number of aromatic amines is 1. The molecular weight excluding hydrogens is 382 g/mol. The summed E-state index contributed by atoms with van der Waals surface area (Å²) in [5.41, 5.74) is 1.05. The van der Waals surface area contributed by atoms with Crippen LogP contribution in [-0.4, -0.2) is 19.8 Å². The van der Waals surface area contributed by atoms with Gasteiger partial charge in [0.2, 0.25) is 5.52 Å². The summed E-state index contributed by atoms with van der Waals surface area (Å²) in [5.74, 6) is 0.831. The number of halogens is 1. The van der Waals surface area contributed by atoms with Crippen LogP contribution < -0.4 is 9.42 Å². The van der Waals surface area contributed by atoms with Gasteiger partial charge in [0, 0.05) is 14.1 Å². The average molecular weight is 405 g/mol. The lowest BCUT2D eigenvalue weighted by Crippen LogP contribution is -2.37. The molecule has 3 aromatic rings. The van der Waals surface area contributed by atoms with Crippen molar-refractivity contribution in [3.05, 3.63) is 52.5 Å². The van der Waals surface area contributed by atoms with E-state index in [1.54, 1.807) is 24.4 Å². The number of nitroso groups, excluding NO2 is 1. The molecule has 0 saturated carbocycles. The van der Waals surface area contributed by atoms with Gasteiger partial charge in [-0.05, 0) is 29.4 Å². The Bertz CT molecular complexity index is 953. The zero-order valence-corrected chi connectivity index (χ0v) is 17.4. The summed E-state index contributed by atoms with van der Waals surface area (Å²) in [4.78, 5) is 11.5. The fourth-order valence-electron chi connectivity index (χ4n) is 2.63. The topological polar surface area (TPSA) is 67.6 Å². The standard InChI is InChI=1S/C19H22ClN3O3Si/c1-27(2,3)11-10-25-13-23-16-8-9-18(19(22-24)14(16)12-21-23)26-17-7-5-4-6-15(17)20/h4-9,12H,10-11,13H2,1-3H3/p+1. The van der Waals surface area contributed by atoms with Crippen molar-refractivity contribution in [1.29, 1.82) is 0 Å². The Morgan fingerprint density at radius 1 is 1.15 bits per heavy atom. The minimum Gasteiger partial charge on any atom is -0.453 e. The summed E-state index contributed by atoms with van der Waals surface area (Å²) < 4.78 is 13.4. The van der Waals surface area contributed by atoms with Gasteiger partial charge >= 0.3 is 0 Å². The lowest BCUT2D eigenvalue weighted by atomic mass is 10.2. The third-order valence-corrected chi connectivity index (χ3v) is 6.19. The van der Waals surface area contributed by atoms with Crippen LogP contribution in [0.3, 0.4) is 0 Å². The first-order valence-electron chi connectivity index (χ1n) is 8.76. The van der Waals surface area contributed by atoms with Crippen LogP contribution in [0, 0.1) is 4.91 Å². The van der Waals surface area contributed by atoms with Crippen molar-refractivity contribution in [2.75, 3.05) is 6.61 Å². The third-order valence-electron chi connectivity index (χ3n) is 4.18. The zero-order chi connectivity index (χ0) is 19.4. The van der Waals surface area contributed by atoms with Crippen LogP contribution in [0.5, 0.6) is 11.5 Å². The Hall–Kier alpha value is -2.22. The predicted molar refractivity (Wildman–Crippen MR) is 110 cm³/mol. The number of rotatable bonds is 8. The van der Waals surface area contributed by atoms with E-state index in [9.17, 15) is 4.91 Å². The number of hydrogen-bond acceptors (Lipinski definition) is 4. The van der Waals surface area contributed by atoms with E-state index in [1.807, 2.05) is 22.9 Å². The number of fused-ring (bicyclic) bond motifs is 1. The van der Waals surface area contributed by atoms with Crippen LogP contribution in [0.1, 0.15) is 0 Å². The van der Waals surface area contributed by atoms with E-state index < -0.39 is 8.07 Å². The normalized spacial score (nSPS) is 11.7. The SMILES string of the molecule is C[Si](C)(C)CCOC[n+]1[nH]cc2c(N=O)c(Oc3ccccc3Cl)ccc21. The van der Waals surface area contributed by atoms with Gasteiger partial charge in [0.25, 0.3) is 6.73 Å².